The zero-order valence-electron chi connectivity index (χ0n) is 19.6. The molecule has 0 radical (unpaired) electrons. The smallest absolute Gasteiger partial charge is 0.340 e. The molecule has 2 aliphatic rings. The molecular weight excluding hydrogens is 540 g/mol. The Balaban J connectivity index is 1.56. The minimum Gasteiger partial charge on any atom is -0.340 e. The largest absolute Gasteiger partial charge is 0.416 e. The molecule has 2 heterocycles. The highest BCUT2D eigenvalue weighted by molar-refractivity contribution is 7.86. The van der Waals surface area contributed by atoms with Crippen molar-refractivity contribution in [2.24, 2.45) is 0 Å². The number of unbranched alkanes of at least 4 members (excludes halogenated alkanes) is 1. The zero-order chi connectivity index (χ0) is 27.6. The molecule has 5 rings (SSSR count). The Kier molecular flexibility index (Phi) is 6.23. The average molecular weight is 559 g/mol. The number of ether oxygens (including phenoxy) is 1. The third-order valence-corrected chi connectivity index (χ3v) is 7.60. The minimum absolute atomic E-state index is 0.0214. The van der Waals surface area contributed by atoms with E-state index in [-0.39, 0.29) is 23.8 Å². The van der Waals surface area contributed by atoms with Crippen LogP contribution in [-0.4, -0.2) is 25.6 Å². The lowest BCUT2D eigenvalue weighted by molar-refractivity contribution is -0.143. The topological polar surface area (TPSA) is 76.2 Å². The van der Waals surface area contributed by atoms with Crippen LogP contribution >= 0.6 is 0 Å². The van der Waals surface area contributed by atoms with Crippen molar-refractivity contribution in [2.45, 2.75) is 55.8 Å². The summed E-state index contributed by atoms with van der Waals surface area (Å²) in [6.07, 6.45) is -10.1. The maximum atomic E-state index is 13.4. The highest BCUT2D eigenvalue weighted by atomic mass is 32.2. The van der Waals surface area contributed by atoms with Crippen molar-refractivity contribution in [1.29, 1.82) is 0 Å². The first kappa shape index (κ1) is 26.4. The van der Waals surface area contributed by atoms with Crippen LogP contribution in [0.1, 0.15) is 58.5 Å². The van der Waals surface area contributed by atoms with Crippen molar-refractivity contribution >= 4 is 26.8 Å². The third-order valence-electron chi connectivity index (χ3n) is 6.43. The Labute approximate surface area is 212 Å². The Morgan fingerprint density at radius 1 is 0.974 bits per heavy atom. The maximum Gasteiger partial charge on any atom is 0.416 e. The number of hydrogen-bond acceptors (Lipinski definition) is 5. The van der Waals surface area contributed by atoms with Gasteiger partial charge in [-0.15, -0.1) is 4.28 Å². The summed E-state index contributed by atoms with van der Waals surface area (Å²) in [5.74, 6) is -0.957. The summed E-state index contributed by atoms with van der Waals surface area (Å²) in [5, 5.41) is 1.64. The molecule has 3 aromatic carbocycles. The standard InChI is InChI=1S/C25H19F6NO5S/c1-2-3-5-13-8-9-18-20-17(13)6-4-7-19(20)22(33)32(23-21(18)36-23)37-38(34,35)16-11-14(24(26,27)28)10-15(12-16)25(29,30)31/h4,6-12,21,23H,2-3,5H2,1H3. The molecule has 1 fully saturated rings. The van der Waals surface area contributed by atoms with Gasteiger partial charge in [0.1, 0.15) is 6.10 Å². The lowest BCUT2D eigenvalue weighted by Gasteiger charge is -2.20. The summed E-state index contributed by atoms with van der Waals surface area (Å²) in [5.41, 5.74) is -2.05. The van der Waals surface area contributed by atoms with Crippen LogP contribution in [0.5, 0.6) is 0 Å². The van der Waals surface area contributed by atoms with E-state index < -0.39 is 56.7 Å². The fourth-order valence-electron chi connectivity index (χ4n) is 4.53. The van der Waals surface area contributed by atoms with Crippen LogP contribution in [0.15, 0.2) is 53.4 Å². The predicted molar refractivity (Wildman–Crippen MR) is 121 cm³/mol. The number of alkyl halides is 6. The van der Waals surface area contributed by atoms with Gasteiger partial charge in [0.25, 0.3) is 5.91 Å². The van der Waals surface area contributed by atoms with Gasteiger partial charge < -0.3 is 4.74 Å². The van der Waals surface area contributed by atoms with Crippen molar-refractivity contribution in [2.75, 3.05) is 0 Å². The van der Waals surface area contributed by atoms with Crippen molar-refractivity contribution in [1.82, 2.24) is 5.06 Å². The minimum atomic E-state index is -5.33. The van der Waals surface area contributed by atoms with E-state index in [4.69, 9.17) is 9.02 Å². The fraction of sp³-hybridized carbons (Fsp3) is 0.320. The molecule has 202 valence electrons. The van der Waals surface area contributed by atoms with Gasteiger partial charge in [0, 0.05) is 5.39 Å². The summed E-state index contributed by atoms with van der Waals surface area (Å²) in [7, 11) is -5.33. The molecule has 13 heteroatoms. The van der Waals surface area contributed by atoms with Crippen LogP contribution in [0.25, 0.3) is 10.8 Å². The first-order valence-electron chi connectivity index (χ1n) is 11.5. The number of benzene rings is 3. The molecule has 0 N–H and O–H groups in total. The number of carbonyl (C=O) groups excluding carboxylic acids is 1. The first-order valence-corrected chi connectivity index (χ1v) is 12.9. The summed E-state index contributed by atoms with van der Waals surface area (Å²) < 4.78 is 116. The molecular formula is C25H19F6NO5S. The predicted octanol–water partition coefficient (Wildman–Crippen LogP) is 6.39. The van der Waals surface area contributed by atoms with Crippen molar-refractivity contribution in [3.8, 4) is 0 Å². The molecule has 1 amide bonds. The fourth-order valence-corrected chi connectivity index (χ4v) is 5.53. The van der Waals surface area contributed by atoms with Gasteiger partial charge in [0.15, 0.2) is 6.23 Å². The quantitative estimate of drug-likeness (QED) is 0.258. The molecule has 0 aliphatic carbocycles. The van der Waals surface area contributed by atoms with Gasteiger partial charge in [0.2, 0.25) is 0 Å². The second-order valence-electron chi connectivity index (χ2n) is 8.99. The van der Waals surface area contributed by atoms with Gasteiger partial charge in [-0.2, -0.15) is 39.8 Å². The molecule has 2 aliphatic heterocycles. The van der Waals surface area contributed by atoms with E-state index in [1.165, 1.54) is 6.07 Å². The summed E-state index contributed by atoms with van der Waals surface area (Å²) in [6.45, 7) is 2.03. The second-order valence-corrected chi connectivity index (χ2v) is 10.5. The van der Waals surface area contributed by atoms with Gasteiger partial charge in [0.05, 0.1) is 21.6 Å². The summed E-state index contributed by atoms with van der Waals surface area (Å²) in [6, 6.07) is 8.33. The molecule has 0 bridgehead atoms. The second kappa shape index (κ2) is 8.95. The van der Waals surface area contributed by atoms with Crippen LogP contribution in [0.3, 0.4) is 0 Å². The van der Waals surface area contributed by atoms with Crippen molar-refractivity contribution < 1.29 is 48.6 Å². The Morgan fingerprint density at radius 2 is 1.63 bits per heavy atom. The van der Waals surface area contributed by atoms with Crippen LogP contribution in [0.2, 0.25) is 0 Å². The number of nitrogens with zero attached hydrogens (tertiary/aromatic N) is 1. The lowest BCUT2D eigenvalue weighted by Crippen LogP contribution is -2.36. The first-order chi connectivity index (χ1) is 17.7. The van der Waals surface area contributed by atoms with Gasteiger partial charge >= 0.3 is 22.5 Å². The molecule has 6 nitrogen and oxygen atoms in total. The SMILES string of the molecule is CCCCc1ccc2c3c(cccc13)C(=O)N(OS(=O)(=O)c1cc(C(F)(F)F)cc(C(F)(F)F)c1)C1OC21. The lowest BCUT2D eigenvalue weighted by atomic mass is 9.92. The van der Waals surface area contributed by atoms with Crippen molar-refractivity contribution in [3.05, 3.63) is 76.3 Å². The molecule has 2 atom stereocenters. The highest BCUT2D eigenvalue weighted by Gasteiger charge is 2.53. The van der Waals surface area contributed by atoms with E-state index in [0.29, 0.717) is 16.0 Å². The number of halogens is 6. The summed E-state index contributed by atoms with van der Waals surface area (Å²) in [4.78, 5) is 12.0. The van der Waals surface area contributed by atoms with E-state index >= 15 is 0 Å². The van der Waals surface area contributed by atoms with Gasteiger partial charge in [-0.3, -0.25) is 4.79 Å². The number of fused-ring (bicyclic) bond motifs is 2. The number of aryl methyl sites for hydroxylation is 1. The van der Waals surface area contributed by atoms with Gasteiger partial charge in [-0.25, -0.2) is 0 Å². The number of carbonyl (C=O) groups is 1. The average Bonchev–Trinajstić information content (AvgIpc) is 3.64. The Bertz CT molecular complexity index is 1520. The number of hydrogen-bond donors (Lipinski definition) is 0. The zero-order valence-corrected chi connectivity index (χ0v) is 20.4. The van der Waals surface area contributed by atoms with E-state index in [0.717, 1.165) is 30.2 Å². The van der Waals surface area contributed by atoms with Crippen molar-refractivity contribution in [3.63, 3.8) is 0 Å². The molecule has 3 aromatic rings. The highest BCUT2D eigenvalue weighted by Crippen LogP contribution is 2.49. The summed E-state index contributed by atoms with van der Waals surface area (Å²) >= 11 is 0. The monoisotopic (exact) mass is 559 g/mol. The van der Waals surface area contributed by atoms with Crippen LogP contribution < -0.4 is 0 Å². The Morgan fingerprint density at radius 3 is 2.24 bits per heavy atom. The molecule has 1 saturated heterocycles. The van der Waals surface area contributed by atoms with E-state index in [1.807, 2.05) is 19.1 Å². The van der Waals surface area contributed by atoms with E-state index in [2.05, 4.69) is 0 Å². The maximum absolute atomic E-state index is 13.4. The van der Waals surface area contributed by atoms with E-state index in [9.17, 15) is 39.6 Å². The van der Waals surface area contributed by atoms with Crippen LogP contribution in [-0.2, 0) is 37.9 Å². The van der Waals surface area contributed by atoms with Crippen LogP contribution in [0.4, 0.5) is 26.3 Å². The molecule has 0 aromatic heterocycles. The number of amides is 1. The van der Waals surface area contributed by atoms with Gasteiger partial charge in [-0.05, 0) is 53.6 Å². The third kappa shape index (κ3) is 4.63. The number of hydroxylamine groups is 2. The molecule has 0 saturated carbocycles. The van der Waals surface area contributed by atoms with Crippen LogP contribution in [0, 0.1) is 0 Å². The molecule has 0 spiro atoms. The van der Waals surface area contributed by atoms with E-state index in [1.54, 1.807) is 12.1 Å². The molecule has 38 heavy (non-hydrogen) atoms. The number of epoxide rings is 1. The Hall–Kier alpha value is -3.16. The number of rotatable bonds is 6. The molecule has 2 unspecified atom stereocenters. The normalized spacial score (nSPS) is 19.4. The van der Waals surface area contributed by atoms with Gasteiger partial charge in [-0.1, -0.05) is 37.6 Å².